The molecule has 1 saturated carbocycles. The Labute approximate surface area is 116 Å². The Balaban J connectivity index is 1.64. The molecule has 3 rings (SSSR count). The van der Waals surface area contributed by atoms with E-state index >= 15 is 0 Å². The summed E-state index contributed by atoms with van der Waals surface area (Å²) in [6.45, 7) is 0. The van der Waals surface area contributed by atoms with Crippen LogP contribution in [0, 0.1) is 0 Å². The number of nitrogens with one attached hydrogen (secondary N) is 2. The topological polar surface area (TPSA) is 70.9 Å². The Hall–Kier alpha value is -1.46. The lowest BCUT2D eigenvalue weighted by Crippen LogP contribution is -2.44. The summed E-state index contributed by atoms with van der Waals surface area (Å²) in [6.07, 6.45) is 2.31. The zero-order valence-corrected chi connectivity index (χ0v) is 11.4. The summed E-state index contributed by atoms with van der Waals surface area (Å²) < 4.78 is 0. The highest BCUT2D eigenvalue weighted by Crippen LogP contribution is 2.25. The summed E-state index contributed by atoms with van der Waals surface area (Å²) in [6, 6.07) is 10.5. The molecular formula is C14H17N3OS. The van der Waals surface area contributed by atoms with Gasteiger partial charge in [0.05, 0.1) is 11.1 Å². The molecule has 19 heavy (non-hydrogen) atoms. The standard InChI is InChI=1S/C14H17N3OS/c15-14(18)12(16-10-5-6-10)8-19-13-7-9-3-1-2-4-11(9)17-13/h1-4,7,10,12,16-17H,5-6,8H2,(H2,15,18). The summed E-state index contributed by atoms with van der Waals surface area (Å²) in [5.74, 6) is 0.397. The number of amides is 1. The highest BCUT2D eigenvalue weighted by atomic mass is 32.2. The van der Waals surface area contributed by atoms with Crippen LogP contribution in [0.25, 0.3) is 10.9 Å². The van der Waals surface area contributed by atoms with Crippen LogP contribution in [0.3, 0.4) is 0 Å². The van der Waals surface area contributed by atoms with Crippen molar-refractivity contribution in [2.45, 2.75) is 30.0 Å². The minimum absolute atomic E-state index is 0.246. The third-order valence-corrected chi connectivity index (χ3v) is 4.30. The van der Waals surface area contributed by atoms with E-state index in [0.717, 1.165) is 23.4 Å². The Morgan fingerprint density at radius 1 is 1.47 bits per heavy atom. The fourth-order valence-electron chi connectivity index (χ4n) is 2.04. The molecule has 1 unspecified atom stereocenters. The highest BCUT2D eigenvalue weighted by molar-refractivity contribution is 7.99. The van der Waals surface area contributed by atoms with E-state index in [4.69, 9.17) is 5.73 Å². The van der Waals surface area contributed by atoms with Gasteiger partial charge in [0.2, 0.25) is 5.91 Å². The van der Waals surface area contributed by atoms with Gasteiger partial charge in [0.15, 0.2) is 0 Å². The maximum atomic E-state index is 11.4. The van der Waals surface area contributed by atoms with Crippen LogP contribution in [0.5, 0.6) is 0 Å². The van der Waals surface area contributed by atoms with E-state index in [9.17, 15) is 4.79 Å². The second-order valence-corrected chi connectivity index (χ2v) is 5.99. The van der Waals surface area contributed by atoms with Gasteiger partial charge < -0.3 is 16.0 Å². The molecular weight excluding hydrogens is 258 g/mol. The molecule has 0 bridgehead atoms. The number of thioether (sulfide) groups is 1. The zero-order valence-electron chi connectivity index (χ0n) is 10.6. The quantitative estimate of drug-likeness (QED) is 0.705. The fraction of sp³-hybridized carbons (Fsp3) is 0.357. The van der Waals surface area contributed by atoms with E-state index in [0.29, 0.717) is 11.8 Å². The first-order chi connectivity index (χ1) is 9.22. The smallest absolute Gasteiger partial charge is 0.235 e. The van der Waals surface area contributed by atoms with E-state index < -0.39 is 0 Å². The molecule has 0 saturated heterocycles. The molecule has 4 nitrogen and oxygen atoms in total. The minimum atomic E-state index is -0.268. The third-order valence-electron chi connectivity index (χ3n) is 3.27. The number of fused-ring (bicyclic) bond motifs is 1. The molecule has 0 spiro atoms. The van der Waals surface area contributed by atoms with Gasteiger partial charge in [0.1, 0.15) is 0 Å². The molecule has 1 aliphatic carbocycles. The number of H-pyrrole nitrogens is 1. The summed E-state index contributed by atoms with van der Waals surface area (Å²) in [5, 5.41) is 5.55. The second kappa shape index (κ2) is 5.27. The molecule has 1 atom stereocenters. The van der Waals surface area contributed by atoms with Crippen LogP contribution in [0.2, 0.25) is 0 Å². The minimum Gasteiger partial charge on any atom is -0.368 e. The predicted molar refractivity (Wildman–Crippen MR) is 78.2 cm³/mol. The number of hydrogen-bond donors (Lipinski definition) is 3. The van der Waals surface area contributed by atoms with E-state index in [1.807, 2.05) is 18.2 Å². The second-order valence-electron chi connectivity index (χ2n) is 4.93. The number of rotatable bonds is 6. The SMILES string of the molecule is NC(=O)C(CSc1cc2ccccc2[nH]1)NC1CC1. The van der Waals surface area contributed by atoms with Crippen molar-refractivity contribution in [2.24, 2.45) is 5.73 Å². The molecule has 0 radical (unpaired) electrons. The number of primary amides is 1. The van der Waals surface area contributed by atoms with Crippen molar-refractivity contribution in [2.75, 3.05) is 5.75 Å². The highest BCUT2D eigenvalue weighted by Gasteiger charge is 2.27. The molecule has 1 fully saturated rings. The number of nitrogens with two attached hydrogens (primary N) is 1. The van der Waals surface area contributed by atoms with Gasteiger partial charge in [-0.15, -0.1) is 11.8 Å². The number of carbonyl (C=O) groups is 1. The molecule has 4 N–H and O–H groups in total. The Morgan fingerprint density at radius 2 is 2.26 bits per heavy atom. The summed E-state index contributed by atoms with van der Waals surface area (Å²) in [4.78, 5) is 14.7. The van der Waals surface area contributed by atoms with Crippen molar-refractivity contribution in [3.05, 3.63) is 30.3 Å². The molecule has 100 valence electrons. The molecule has 1 aliphatic rings. The van der Waals surface area contributed by atoms with Crippen molar-refractivity contribution in [1.82, 2.24) is 10.3 Å². The van der Waals surface area contributed by atoms with Crippen molar-refractivity contribution in [3.8, 4) is 0 Å². The van der Waals surface area contributed by atoms with E-state index in [1.165, 1.54) is 5.39 Å². The number of benzene rings is 1. The first-order valence-electron chi connectivity index (χ1n) is 6.48. The molecule has 1 heterocycles. The number of aromatic amines is 1. The summed E-state index contributed by atoms with van der Waals surface area (Å²) >= 11 is 1.63. The predicted octanol–water partition coefficient (Wildman–Crippen LogP) is 1.87. The van der Waals surface area contributed by atoms with Gasteiger partial charge in [-0.05, 0) is 25.0 Å². The first-order valence-corrected chi connectivity index (χ1v) is 7.47. The first kappa shape index (κ1) is 12.6. The van der Waals surface area contributed by atoms with Crippen LogP contribution in [0.15, 0.2) is 35.4 Å². The zero-order chi connectivity index (χ0) is 13.2. The van der Waals surface area contributed by atoms with E-state index in [1.54, 1.807) is 11.8 Å². The normalized spacial score (nSPS) is 16.6. The lowest BCUT2D eigenvalue weighted by molar-refractivity contribution is -0.119. The number of carbonyl (C=O) groups excluding carboxylic acids is 1. The number of hydrogen-bond acceptors (Lipinski definition) is 3. The van der Waals surface area contributed by atoms with Crippen molar-refractivity contribution in [1.29, 1.82) is 0 Å². The largest absolute Gasteiger partial charge is 0.368 e. The van der Waals surface area contributed by atoms with Crippen molar-refractivity contribution < 1.29 is 4.79 Å². The van der Waals surface area contributed by atoms with Crippen LogP contribution in [0.4, 0.5) is 0 Å². The van der Waals surface area contributed by atoms with Gasteiger partial charge in [-0.2, -0.15) is 0 Å². The maximum Gasteiger partial charge on any atom is 0.235 e. The average molecular weight is 275 g/mol. The number of aromatic nitrogens is 1. The van der Waals surface area contributed by atoms with Gasteiger partial charge in [0, 0.05) is 22.7 Å². The Morgan fingerprint density at radius 3 is 2.95 bits per heavy atom. The summed E-state index contributed by atoms with van der Waals surface area (Å²) in [7, 11) is 0. The van der Waals surface area contributed by atoms with Crippen molar-refractivity contribution >= 4 is 28.6 Å². The molecule has 0 aliphatic heterocycles. The molecule has 1 aromatic carbocycles. The van der Waals surface area contributed by atoms with Crippen molar-refractivity contribution in [3.63, 3.8) is 0 Å². The van der Waals surface area contributed by atoms with Gasteiger partial charge in [0.25, 0.3) is 0 Å². The Kier molecular flexibility index (Phi) is 3.48. The van der Waals surface area contributed by atoms with Crippen LogP contribution in [-0.4, -0.2) is 28.7 Å². The van der Waals surface area contributed by atoms with Crippen LogP contribution >= 0.6 is 11.8 Å². The monoisotopic (exact) mass is 275 g/mol. The molecule has 2 aromatic rings. The van der Waals surface area contributed by atoms with Crippen LogP contribution in [-0.2, 0) is 4.79 Å². The lowest BCUT2D eigenvalue weighted by atomic mass is 10.3. The van der Waals surface area contributed by atoms with Gasteiger partial charge in [-0.3, -0.25) is 4.79 Å². The van der Waals surface area contributed by atoms with Gasteiger partial charge in [-0.25, -0.2) is 0 Å². The van der Waals surface area contributed by atoms with Crippen LogP contribution in [0.1, 0.15) is 12.8 Å². The van der Waals surface area contributed by atoms with E-state index in [2.05, 4.69) is 22.4 Å². The summed E-state index contributed by atoms with van der Waals surface area (Å²) in [5.41, 5.74) is 6.55. The lowest BCUT2D eigenvalue weighted by Gasteiger charge is -2.13. The van der Waals surface area contributed by atoms with E-state index in [-0.39, 0.29) is 11.9 Å². The van der Waals surface area contributed by atoms with Crippen LogP contribution < -0.4 is 11.1 Å². The van der Waals surface area contributed by atoms with Gasteiger partial charge in [-0.1, -0.05) is 18.2 Å². The average Bonchev–Trinajstić information content (AvgIpc) is 3.11. The Bertz CT molecular complexity index is 558. The molecule has 1 aromatic heterocycles. The maximum absolute atomic E-state index is 11.4. The number of para-hydroxylation sites is 1. The van der Waals surface area contributed by atoms with Gasteiger partial charge >= 0.3 is 0 Å². The third kappa shape index (κ3) is 3.11. The molecule has 5 heteroatoms. The fourth-order valence-corrected chi connectivity index (χ4v) is 3.04. The molecule has 1 amide bonds.